The van der Waals surface area contributed by atoms with E-state index >= 15 is 0 Å². The van der Waals surface area contributed by atoms with E-state index in [-0.39, 0.29) is 48.2 Å². The van der Waals surface area contributed by atoms with Crippen LogP contribution >= 0.6 is 24.8 Å². The highest BCUT2D eigenvalue weighted by Crippen LogP contribution is 2.47. The first-order valence-electron chi connectivity index (χ1n) is 7.03. The maximum absolute atomic E-state index is 12.3. The zero-order chi connectivity index (χ0) is 13.5. The molecule has 2 rings (SSSR count). The number of likely N-dealkylation sites (N-methyl/N-ethyl adjacent to an activating group) is 1. The summed E-state index contributed by atoms with van der Waals surface area (Å²) < 4.78 is 0. The van der Waals surface area contributed by atoms with Crippen LogP contribution in [0.1, 0.15) is 33.1 Å². The van der Waals surface area contributed by atoms with Crippen molar-refractivity contribution in [2.75, 3.05) is 20.6 Å². The molecular formula is C14H29Cl2N3O. The molecule has 0 aliphatic heterocycles. The van der Waals surface area contributed by atoms with Gasteiger partial charge in [0.2, 0.25) is 5.91 Å². The fourth-order valence-electron chi connectivity index (χ4n) is 3.30. The van der Waals surface area contributed by atoms with E-state index in [0.29, 0.717) is 18.4 Å². The van der Waals surface area contributed by atoms with Gasteiger partial charge < -0.3 is 16.0 Å². The molecule has 20 heavy (non-hydrogen) atoms. The number of hydrogen-bond acceptors (Lipinski definition) is 3. The average Bonchev–Trinajstić information content (AvgIpc) is 2.86. The lowest BCUT2D eigenvalue weighted by molar-refractivity contribution is -0.127. The lowest BCUT2D eigenvalue weighted by Gasteiger charge is -2.34. The Morgan fingerprint density at radius 1 is 1.25 bits per heavy atom. The van der Waals surface area contributed by atoms with Crippen molar-refractivity contribution in [1.82, 2.24) is 10.2 Å². The first-order valence-corrected chi connectivity index (χ1v) is 7.03. The van der Waals surface area contributed by atoms with Gasteiger partial charge in [-0.2, -0.15) is 0 Å². The van der Waals surface area contributed by atoms with Gasteiger partial charge in [-0.3, -0.25) is 4.79 Å². The summed E-state index contributed by atoms with van der Waals surface area (Å²) in [5.41, 5.74) is 6.18. The lowest BCUT2D eigenvalue weighted by atomic mass is 9.84. The second kappa shape index (κ2) is 7.30. The van der Waals surface area contributed by atoms with Crippen LogP contribution < -0.4 is 11.1 Å². The van der Waals surface area contributed by atoms with Gasteiger partial charge in [-0.1, -0.05) is 0 Å². The van der Waals surface area contributed by atoms with Crippen LogP contribution in [0.5, 0.6) is 0 Å². The first kappa shape index (κ1) is 20.0. The van der Waals surface area contributed by atoms with Crippen molar-refractivity contribution in [1.29, 1.82) is 0 Å². The SMILES string of the molecule is CN(C)C(C)(C)CNC(=O)C1C2CCC(C2)C1N.Cl.Cl. The normalized spacial score (nSPS) is 31.7. The van der Waals surface area contributed by atoms with Crippen LogP contribution in [0.3, 0.4) is 0 Å². The second-order valence-electron chi connectivity index (χ2n) is 6.86. The number of halogens is 2. The molecular weight excluding hydrogens is 297 g/mol. The Morgan fingerprint density at radius 3 is 2.25 bits per heavy atom. The maximum atomic E-state index is 12.3. The van der Waals surface area contributed by atoms with Crippen LogP contribution in [-0.4, -0.2) is 43.0 Å². The molecule has 2 saturated carbocycles. The smallest absolute Gasteiger partial charge is 0.225 e. The van der Waals surface area contributed by atoms with Crippen LogP contribution in [0.4, 0.5) is 0 Å². The molecule has 0 heterocycles. The zero-order valence-electron chi connectivity index (χ0n) is 12.9. The standard InChI is InChI=1S/C14H27N3O.2ClH/c1-14(2,17(3)4)8-16-13(18)11-9-5-6-10(7-9)12(11)15;;/h9-12H,5-8,15H2,1-4H3,(H,16,18);2*1H. The van der Waals surface area contributed by atoms with Gasteiger partial charge in [-0.15, -0.1) is 24.8 Å². The molecule has 6 heteroatoms. The maximum Gasteiger partial charge on any atom is 0.225 e. The minimum atomic E-state index is -0.0165. The summed E-state index contributed by atoms with van der Waals surface area (Å²) in [6.07, 6.45) is 3.57. The molecule has 4 atom stereocenters. The number of hydrogen-bond donors (Lipinski definition) is 2. The number of carbonyl (C=O) groups excluding carboxylic acids is 1. The van der Waals surface area contributed by atoms with E-state index < -0.39 is 0 Å². The van der Waals surface area contributed by atoms with Crippen LogP contribution in [0.25, 0.3) is 0 Å². The van der Waals surface area contributed by atoms with E-state index in [1.54, 1.807) is 0 Å². The third-order valence-corrected chi connectivity index (χ3v) is 5.19. The van der Waals surface area contributed by atoms with Gasteiger partial charge in [0.15, 0.2) is 0 Å². The van der Waals surface area contributed by atoms with Crippen LogP contribution in [-0.2, 0) is 4.79 Å². The minimum absolute atomic E-state index is 0. The summed E-state index contributed by atoms with van der Waals surface area (Å²) >= 11 is 0. The van der Waals surface area contributed by atoms with Gasteiger partial charge in [0.05, 0.1) is 5.92 Å². The van der Waals surface area contributed by atoms with Crippen LogP contribution in [0.15, 0.2) is 0 Å². The summed E-state index contributed by atoms with van der Waals surface area (Å²) in [5, 5.41) is 3.10. The van der Waals surface area contributed by atoms with Gasteiger partial charge in [-0.05, 0) is 59.0 Å². The molecule has 0 aromatic heterocycles. The van der Waals surface area contributed by atoms with Crippen molar-refractivity contribution in [2.24, 2.45) is 23.5 Å². The summed E-state index contributed by atoms with van der Waals surface area (Å²) in [4.78, 5) is 14.4. The van der Waals surface area contributed by atoms with Crippen molar-refractivity contribution in [3.63, 3.8) is 0 Å². The number of nitrogens with zero attached hydrogens (tertiary/aromatic N) is 1. The minimum Gasteiger partial charge on any atom is -0.354 e. The average molecular weight is 326 g/mol. The largest absolute Gasteiger partial charge is 0.354 e. The number of rotatable bonds is 4. The van der Waals surface area contributed by atoms with Gasteiger partial charge in [0, 0.05) is 18.1 Å². The number of nitrogens with two attached hydrogens (primary N) is 1. The van der Waals surface area contributed by atoms with Gasteiger partial charge in [-0.25, -0.2) is 0 Å². The van der Waals surface area contributed by atoms with Crippen molar-refractivity contribution in [2.45, 2.75) is 44.7 Å². The molecule has 2 aliphatic rings. The Morgan fingerprint density at radius 2 is 1.80 bits per heavy atom. The molecule has 2 bridgehead atoms. The molecule has 120 valence electrons. The molecule has 4 nitrogen and oxygen atoms in total. The van der Waals surface area contributed by atoms with Gasteiger partial charge in [0.1, 0.15) is 0 Å². The first-order chi connectivity index (χ1) is 8.33. The van der Waals surface area contributed by atoms with E-state index in [0.717, 1.165) is 6.42 Å². The number of carbonyl (C=O) groups is 1. The fraction of sp³-hybridized carbons (Fsp3) is 0.929. The summed E-state index contributed by atoms with van der Waals surface area (Å²) in [7, 11) is 4.07. The monoisotopic (exact) mass is 325 g/mol. The van der Waals surface area contributed by atoms with E-state index in [4.69, 9.17) is 5.73 Å². The summed E-state index contributed by atoms with van der Waals surface area (Å²) in [6.45, 7) is 4.95. The molecule has 2 aliphatic carbocycles. The molecule has 0 spiro atoms. The predicted molar refractivity (Wildman–Crippen MR) is 87.6 cm³/mol. The Balaban J connectivity index is 0.00000180. The van der Waals surface area contributed by atoms with E-state index in [2.05, 4.69) is 24.1 Å². The highest BCUT2D eigenvalue weighted by Gasteiger charge is 2.49. The Labute approximate surface area is 135 Å². The third kappa shape index (κ3) is 3.79. The Kier molecular flexibility index (Phi) is 7.29. The molecule has 0 saturated heterocycles. The number of amides is 1. The van der Waals surface area contributed by atoms with Gasteiger partial charge >= 0.3 is 0 Å². The van der Waals surface area contributed by atoms with E-state index in [9.17, 15) is 4.79 Å². The predicted octanol–water partition coefficient (Wildman–Crippen LogP) is 1.66. The molecule has 4 unspecified atom stereocenters. The third-order valence-electron chi connectivity index (χ3n) is 5.19. The molecule has 0 aromatic carbocycles. The number of fused-ring (bicyclic) bond motifs is 2. The quantitative estimate of drug-likeness (QED) is 0.826. The Bertz CT molecular complexity index is 334. The molecule has 2 fully saturated rings. The molecule has 1 amide bonds. The fourth-order valence-corrected chi connectivity index (χ4v) is 3.30. The van der Waals surface area contributed by atoms with Crippen LogP contribution in [0, 0.1) is 17.8 Å². The van der Waals surface area contributed by atoms with E-state index in [1.807, 2.05) is 14.1 Å². The highest BCUT2D eigenvalue weighted by molar-refractivity contribution is 5.85. The summed E-state index contributed by atoms with van der Waals surface area (Å²) in [5.74, 6) is 1.35. The Hall–Kier alpha value is -0.0300. The summed E-state index contributed by atoms with van der Waals surface area (Å²) in [6, 6.07) is 0.0891. The van der Waals surface area contributed by atoms with Crippen molar-refractivity contribution >= 4 is 30.7 Å². The lowest BCUT2D eigenvalue weighted by Crippen LogP contribution is -2.52. The second-order valence-corrected chi connectivity index (χ2v) is 6.86. The molecule has 0 aromatic rings. The zero-order valence-corrected chi connectivity index (χ0v) is 14.5. The van der Waals surface area contributed by atoms with Crippen molar-refractivity contribution in [3.8, 4) is 0 Å². The molecule has 3 N–H and O–H groups in total. The van der Waals surface area contributed by atoms with Crippen molar-refractivity contribution < 1.29 is 4.79 Å². The van der Waals surface area contributed by atoms with Crippen molar-refractivity contribution in [3.05, 3.63) is 0 Å². The van der Waals surface area contributed by atoms with Crippen LogP contribution in [0.2, 0.25) is 0 Å². The topological polar surface area (TPSA) is 58.4 Å². The highest BCUT2D eigenvalue weighted by atomic mass is 35.5. The molecule has 0 radical (unpaired) electrons. The number of nitrogens with one attached hydrogen (secondary N) is 1. The van der Waals surface area contributed by atoms with E-state index in [1.165, 1.54) is 12.8 Å². The van der Waals surface area contributed by atoms with Gasteiger partial charge in [0.25, 0.3) is 0 Å².